The van der Waals surface area contributed by atoms with Crippen LogP contribution in [0, 0.1) is 0 Å². The highest BCUT2D eigenvalue weighted by atomic mass is 16.5. The van der Waals surface area contributed by atoms with Crippen LogP contribution in [0.15, 0.2) is 72.8 Å². The molecule has 0 radical (unpaired) electrons. The number of ether oxygens (including phenoxy) is 1. The molecule has 0 aliphatic rings. The van der Waals surface area contributed by atoms with Crippen LogP contribution in [0.3, 0.4) is 0 Å². The van der Waals surface area contributed by atoms with Gasteiger partial charge >= 0.3 is 0 Å². The van der Waals surface area contributed by atoms with E-state index in [9.17, 15) is 14.7 Å². The van der Waals surface area contributed by atoms with Gasteiger partial charge in [0.1, 0.15) is 17.2 Å². The predicted molar refractivity (Wildman–Crippen MR) is 113 cm³/mol. The van der Waals surface area contributed by atoms with E-state index >= 15 is 0 Å². The fraction of sp³-hybridized carbons (Fsp3) is 0.167. The van der Waals surface area contributed by atoms with Gasteiger partial charge in [0.05, 0.1) is 0 Å². The van der Waals surface area contributed by atoms with Crippen molar-refractivity contribution in [3.63, 3.8) is 0 Å². The molecule has 5 nitrogen and oxygen atoms in total. The van der Waals surface area contributed by atoms with E-state index in [1.165, 1.54) is 12.1 Å². The third kappa shape index (κ3) is 5.02. The Balaban J connectivity index is 1.66. The Bertz CT molecular complexity index is 977. The summed E-state index contributed by atoms with van der Waals surface area (Å²) in [4.78, 5) is 26.1. The molecule has 0 saturated carbocycles. The summed E-state index contributed by atoms with van der Waals surface area (Å²) in [5.41, 5.74) is 1.86. The van der Waals surface area contributed by atoms with Crippen LogP contribution in [0.1, 0.15) is 35.7 Å². The van der Waals surface area contributed by atoms with Gasteiger partial charge in [-0.05, 0) is 79.2 Å². The van der Waals surface area contributed by atoms with E-state index in [0.29, 0.717) is 29.0 Å². The number of ketones is 1. The molecule has 3 rings (SSSR count). The monoisotopic (exact) mass is 389 g/mol. The van der Waals surface area contributed by atoms with Crippen LogP contribution in [-0.2, 0) is 4.79 Å². The Morgan fingerprint density at radius 2 is 1.31 bits per heavy atom. The van der Waals surface area contributed by atoms with Crippen LogP contribution < -0.4 is 9.64 Å². The first kappa shape index (κ1) is 20.1. The van der Waals surface area contributed by atoms with E-state index in [0.717, 1.165) is 12.1 Å². The van der Waals surface area contributed by atoms with E-state index in [1.54, 1.807) is 60.5 Å². The van der Waals surface area contributed by atoms with Gasteiger partial charge in [0, 0.05) is 30.3 Å². The number of hydrogen-bond acceptors (Lipinski definition) is 4. The van der Waals surface area contributed by atoms with Crippen molar-refractivity contribution >= 4 is 17.4 Å². The van der Waals surface area contributed by atoms with Crippen LogP contribution in [0.2, 0.25) is 0 Å². The van der Waals surface area contributed by atoms with Crippen molar-refractivity contribution in [2.24, 2.45) is 0 Å². The number of amides is 1. The summed E-state index contributed by atoms with van der Waals surface area (Å²) < 4.78 is 5.83. The van der Waals surface area contributed by atoms with E-state index in [2.05, 4.69) is 0 Å². The smallest absolute Gasteiger partial charge is 0.226 e. The predicted octanol–water partition coefficient (Wildman–Crippen LogP) is 5.18. The third-order valence-corrected chi connectivity index (χ3v) is 4.54. The quantitative estimate of drug-likeness (QED) is 0.566. The minimum atomic E-state index is -0.124. The fourth-order valence-electron chi connectivity index (χ4n) is 2.85. The second kappa shape index (κ2) is 9.06. The van der Waals surface area contributed by atoms with Gasteiger partial charge in [0.15, 0.2) is 5.78 Å². The summed E-state index contributed by atoms with van der Waals surface area (Å²) in [5, 5.41) is 9.34. The van der Waals surface area contributed by atoms with Gasteiger partial charge in [0.25, 0.3) is 0 Å². The molecule has 5 heteroatoms. The number of nitrogens with zero attached hydrogens (tertiary/aromatic N) is 1. The largest absolute Gasteiger partial charge is 0.508 e. The van der Waals surface area contributed by atoms with Crippen molar-refractivity contribution in [3.8, 4) is 17.2 Å². The van der Waals surface area contributed by atoms with Gasteiger partial charge in [-0.3, -0.25) is 9.59 Å². The highest BCUT2D eigenvalue weighted by Crippen LogP contribution is 2.25. The lowest BCUT2D eigenvalue weighted by Crippen LogP contribution is -2.25. The van der Waals surface area contributed by atoms with E-state index < -0.39 is 0 Å². The van der Waals surface area contributed by atoms with Crippen molar-refractivity contribution in [2.45, 2.75) is 19.8 Å². The van der Waals surface area contributed by atoms with Crippen LogP contribution in [-0.4, -0.2) is 23.8 Å². The summed E-state index contributed by atoms with van der Waals surface area (Å²) in [5.74, 6) is 1.33. The fourth-order valence-corrected chi connectivity index (χ4v) is 2.85. The lowest BCUT2D eigenvalue weighted by atomic mass is 10.0. The molecule has 0 atom stereocenters. The normalized spacial score (nSPS) is 10.4. The van der Waals surface area contributed by atoms with Gasteiger partial charge in [-0.15, -0.1) is 0 Å². The van der Waals surface area contributed by atoms with Crippen LogP contribution in [0.25, 0.3) is 0 Å². The zero-order valence-corrected chi connectivity index (χ0v) is 16.5. The third-order valence-electron chi connectivity index (χ3n) is 4.54. The zero-order chi connectivity index (χ0) is 20.8. The molecule has 3 aromatic rings. The molecule has 0 spiro atoms. The molecule has 0 aromatic heterocycles. The van der Waals surface area contributed by atoms with Crippen molar-refractivity contribution in [1.82, 2.24) is 0 Å². The molecule has 148 valence electrons. The van der Waals surface area contributed by atoms with E-state index in [4.69, 9.17) is 4.74 Å². The Kier molecular flexibility index (Phi) is 6.29. The van der Waals surface area contributed by atoms with E-state index in [-0.39, 0.29) is 17.4 Å². The van der Waals surface area contributed by atoms with Crippen LogP contribution >= 0.6 is 0 Å². The number of carbonyl (C=O) groups excluding carboxylic acids is 2. The summed E-state index contributed by atoms with van der Waals surface area (Å²) in [6.07, 6.45) is 1.33. The molecular weight excluding hydrogens is 366 g/mol. The second-order valence-electron chi connectivity index (χ2n) is 6.70. The molecule has 0 saturated heterocycles. The average Bonchev–Trinajstić information content (AvgIpc) is 2.74. The Hall–Kier alpha value is -3.60. The molecule has 1 amide bonds. The van der Waals surface area contributed by atoms with Gasteiger partial charge in [-0.25, -0.2) is 0 Å². The number of phenolic OH excluding ortho intramolecular Hbond substituents is 1. The van der Waals surface area contributed by atoms with E-state index in [1.807, 2.05) is 19.1 Å². The minimum absolute atomic E-state index is 0.0788. The van der Waals surface area contributed by atoms with Gasteiger partial charge in [-0.2, -0.15) is 0 Å². The van der Waals surface area contributed by atoms with Crippen molar-refractivity contribution in [2.75, 3.05) is 11.9 Å². The second-order valence-corrected chi connectivity index (χ2v) is 6.70. The van der Waals surface area contributed by atoms with Gasteiger partial charge in [0.2, 0.25) is 5.91 Å². The molecule has 3 aromatic carbocycles. The maximum atomic E-state index is 12.5. The number of aromatic hydroxyl groups is 1. The summed E-state index contributed by atoms with van der Waals surface area (Å²) in [6.45, 7) is 1.98. The number of carbonyl (C=O) groups is 2. The maximum Gasteiger partial charge on any atom is 0.226 e. The number of rotatable bonds is 7. The topological polar surface area (TPSA) is 66.8 Å². The molecule has 0 unspecified atom stereocenters. The highest BCUT2D eigenvalue weighted by molar-refractivity contribution is 6.09. The molecule has 0 bridgehead atoms. The number of hydrogen-bond donors (Lipinski definition) is 1. The number of benzene rings is 3. The first-order valence-electron chi connectivity index (χ1n) is 9.46. The highest BCUT2D eigenvalue weighted by Gasteiger charge is 2.11. The number of phenols is 1. The van der Waals surface area contributed by atoms with Crippen molar-refractivity contribution in [3.05, 3.63) is 83.9 Å². The first-order valence-corrected chi connectivity index (χ1v) is 9.46. The molecule has 1 N–H and O–H groups in total. The molecule has 0 fully saturated rings. The first-order chi connectivity index (χ1) is 14.0. The molecule has 29 heavy (non-hydrogen) atoms. The SMILES string of the molecule is CCCC(=O)N(C)c1ccc(Oc2ccc(C(=O)c3ccc(O)cc3)cc2)cc1. The summed E-state index contributed by atoms with van der Waals surface area (Å²) >= 11 is 0. The zero-order valence-electron chi connectivity index (χ0n) is 16.5. The maximum absolute atomic E-state index is 12.5. The molecule has 0 aliphatic carbocycles. The minimum Gasteiger partial charge on any atom is -0.508 e. The molecule has 0 aliphatic heterocycles. The van der Waals surface area contributed by atoms with Crippen molar-refractivity contribution < 1.29 is 19.4 Å². The van der Waals surface area contributed by atoms with Crippen molar-refractivity contribution in [1.29, 1.82) is 0 Å². The summed E-state index contributed by atoms with van der Waals surface area (Å²) in [7, 11) is 1.76. The standard InChI is InChI=1S/C24H23NO4/c1-3-4-23(27)25(2)19-9-15-22(16-10-19)29-21-13-7-18(8-14-21)24(28)17-5-11-20(26)12-6-17/h5-16,26H,3-4H2,1-2H3. The molecular formula is C24H23NO4. The Labute approximate surface area is 170 Å². The lowest BCUT2D eigenvalue weighted by Gasteiger charge is -2.17. The van der Waals surface area contributed by atoms with Gasteiger partial charge in [-0.1, -0.05) is 6.92 Å². The van der Waals surface area contributed by atoms with Crippen LogP contribution in [0.4, 0.5) is 5.69 Å². The van der Waals surface area contributed by atoms with Gasteiger partial charge < -0.3 is 14.7 Å². The Morgan fingerprint density at radius 1 is 0.828 bits per heavy atom. The average molecular weight is 389 g/mol. The van der Waals surface area contributed by atoms with Crippen LogP contribution in [0.5, 0.6) is 17.2 Å². The summed E-state index contributed by atoms with van der Waals surface area (Å²) in [6, 6.07) is 20.3. The lowest BCUT2D eigenvalue weighted by molar-refractivity contribution is -0.118. The number of anilines is 1. The Morgan fingerprint density at radius 3 is 1.83 bits per heavy atom. The molecule has 0 heterocycles.